The summed E-state index contributed by atoms with van der Waals surface area (Å²) in [4.78, 5) is 0. The maximum Gasteiger partial charge on any atom is 0.0749 e. The van der Waals surface area contributed by atoms with Gasteiger partial charge in [-0.25, -0.2) is 0 Å². The summed E-state index contributed by atoms with van der Waals surface area (Å²) in [5.74, 6) is 0. The van der Waals surface area contributed by atoms with Gasteiger partial charge in [0, 0.05) is 5.41 Å². The number of hydrogen-bond acceptors (Lipinski definition) is 3. The van der Waals surface area contributed by atoms with Crippen LogP contribution in [-0.2, 0) is 0 Å². The van der Waals surface area contributed by atoms with Crippen LogP contribution in [0.2, 0.25) is 0 Å². The van der Waals surface area contributed by atoms with Crippen LogP contribution in [0.1, 0.15) is 32.1 Å². The van der Waals surface area contributed by atoms with Gasteiger partial charge in [-0.3, -0.25) is 0 Å². The van der Waals surface area contributed by atoms with Gasteiger partial charge in [0.15, 0.2) is 0 Å². The standard InChI is InChI=1S/C10H19NO2/c12-8-9(2-1-3-9)10(13)4-6-11-7-5-10/h11-13H,1-8H2. The summed E-state index contributed by atoms with van der Waals surface area (Å²) in [7, 11) is 0. The highest BCUT2D eigenvalue weighted by Crippen LogP contribution is 2.52. The summed E-state index contributed by atoms with van der Waals surface area (Å²) in [5, 5.41) is 23.1. The lowest BCUT2D eigenvalue weighted by Crippen LogP contribution is -2.59. The van der Waals surface area contributed by atoms with Gasteiger partial charge in [0.2, 0.25) is 0 Å². The third-order valence-electron chi connectivity index (χ3n) is 4.03. The minimum atomic E-state index is -0.592. The normalized spacial score (nSPS) is 30.9. The van der Waals surface area contributed by atoms with E-state index in [-0.39, 0.29) is 12.0 Å². The number of nitrogens with one attached hydrogen (secondary N) is 1. The molecule has 1 aliphatic carbocycles. The quantitative estimate of drug-likeness (QED) is 0.578. The number of rotatable bonds is 2. The zero-order chi connectivity index (χ0) is 9.36. The van der Waals surface area contributed by atoms with Gasteiger partial charge >= 0.3 is 0 Å². The molecule has 2 rings (SSSR count). The third-order valence-corrected chi connectivity index (χ3v) is 4.03. The van der Waals surface area contributed by atoms with Gasteiger partial charge < -0.3 is 15.5 Å². The van der Waals surface area contributed by atoms with Crippen LogP contribution in [0, 0.1) is 5.41 Å². The number of hydrogen-bond donors (Lipinski definition) is 3. The van der Waals surface area contributed by atoms with Crippen LogP contribution in [0.3, 0.4) is 0 Å². The van der Waals surface area contributed by atoms with Crippen molar-refractivity contribution in [3.05, 3.63) is 0 Å². The molecule has 2 aliphatic rings. The fourth-order valence-electron chi connectivity index (χ4n) is 2.74. The van der Waals surface area contributed by atoms with E-state index in [1.165, 1.54) is 0 Å². The molecule has 0 radical (unpaired) electrons. The summed E-state index contributed by atoms with van der Waals surface area (Å²) < 4.78 is 0. The summed E-state index contributed by atoms with van der Waals surface area (Å²) in [5.41, 5.74) is -0.750. The third kappa shape index (κ3) is 1.30. The lowest BCUT2D eigenvalue weighted by Gasteiger charge is -2.54. The van der Waals surface area contributed by atoms with Crippen LogP contribution in [0.15, 0.2) is 0 Å². The zero-order valence-electron chi connectivity index (χ0n) is 8.05. The van der Waals surface area contributed by atoms with Gasteiger partial charge in [0.1, 0.15) is 0 Å². The molecule has 0 aromatic carbocycles. The van der Waals surface area contributed by atoms with Crippen molar-refractivity contribution in [1.29, 1.82) is 0 Å². The van der Waals surface area contributed by atoms with Gasteiger partial charge in [-0.05, 0) is 38.8 Å². The smallest absolute Gasteiger partial charge is 0.0749 e. The van der Waals surface area contributed by atoms with Crippen molar-refractivity contribution >= 4 is 0 Å². The van der Waals surface area contributed by atoms with Crippen LogP contribution >= 0.6 is 0 Å². The summed E-state index contributed by atoms with van der Waals surface area (Å²) in [6.45, 7) is 1.93. The van der Waals surface area contributed by atoms with Gasteiger partial charge in [0.25, 0.3) is 0 Å². The van der Waals surface area contributed by atoms with Crippen molar-refractivity contribution in [2.45, 2.75) is 37.7 Å². The Morgan fingerprint density at radius 2 is 1.69 bits per heavy atom. The molecular weight excluding hydrogens is 166 g/mol. The first-order chi connectivity index (χ1) is 6.22. The van der Waals surface area contributed by atoms with E-state index in [1.54, 1.807) is 0 Å². The van der Waals surface area contributed by atoms with Crippen LogP contribution in [-0.4, -0.2) is 35.5 Å². The molecule has 0 amide bonds. The first-order valence-corrected chi connectivity index (χ1v) is 5.26. The van der Waals surface area contributed by atoms with Crippen LogP contribution in [0.5, 0.6) is 0 Å². The second-order valence-corrected chi connectivity index (χ2v) is 4.57. The number of piperidine rings is 1. The van der Waals surface area contributed by atoms with Crippen molar-refractivity contribution in [1.82, 2.24) is 5.32 Å². The topological polar surface area (TPSA) is 52.5 Å². The zero-order valence-corrected chi connectivity index (χ0v) is 8.05. The van der Waals surface area contributed by atoms with Crippen LogP contribution < -0.4 is 5.32 Å². The monoisotopic (exact) mass is 185 g/mol. The average Bonchev–Trinajstić information content (AvgIpc) is 2.04. The van der Waals surface area contributed by atoms with Crippen LogP contribution in [0.4, 0.5) is 0 Å². The predicted octanol–water partition coefficient (Wildman–Crippen LogP) is 0.263. The molecule has 1 saturated carbocycles. The van der Waals surface area contributed by atoms with Crippen molar-refractivity contribution in [3.63, 3.8) is 0 Å². The van der Waals surface area contributed by atoms with E-state index in [9.17, 15) is 10.2 Å². The highest BCUT2D eigenvalue weighted by molar-refractivity contribution is 5.05. The molecule has 0 aromatic rings. The predicted molar refractivity (Wildman–Crippen MR) is 50.4 cm³/mol. The van der Waals surface area contributed by atoms with E-state index in [0.29, 0.717) is 0 Å². The van der Waals surface area contributed by atoms with Gasteiger partial charge in [-0.2, -0.15) is 0 Å². The molecule has 3 heteroatoms. The lowest BCUT2D eigenvalue weighted by atomic mass is 9.56. The molecule has 1 aliphatic heterocycles. The first kappa shape index (κ1) is 9.44. The molecular formula is C10H19NO2. The molecule has 2 fully saturated rings. The molecule has 0 unspecified atom stereocenters. The molecule has 1 heterocycles. The summed E-state index contributed by atoms with van der Waals surface area (Å²) in [6, 6.07) is 0. The molecule has 0 atom stereocenters. The van der Waals surface area contributed by atoms with Crippen molar-refractivity contribution in [2.75, 3.05) is 19.7 Å². The van der Waals surface area contributed by atoms with E-state index in [2.05, 4.69) is 5.32 Å². The Morgan fingerprint density at radius 1 is 1.08 bits per heavy atom. The van der Waals surface area contributed by atoms with Crippen molar-refractivity contribution in [3.8, 4) is 0 Å². The average molecular weight is 185 g/mol. The Balaban J connectivity index is 2.10. The molecule has 0 spiro atoms. The summed E-state index contributed by atoms with van der Waals surface area (Å²) in [6.07, 6.45) is 4.76. The molecule has 3 nitrogen and oxygen atoms in total. The van der Waals surface area contributed by atoms with E-state index in [4.69, 9.17) is 0 Å². The van der Waals surface area contributed by atoms with E-state index < -0.39 is 5.60 Å². The molecule has 13 heavy (non-hydrogen) atoms. The van der Waals surface area contributed by atoms with Gasteiger partial charge in [-0.1, -0.05) is 6.42 Å². The summed E-state index contributed by atoms with van der Waals surface area (Å²) >= 11 is 0. The van der Waals surface area contributed by atoms with Crippen molar-refractivity contribution < 1.29 is 10.2 Å². The first-order valence-electron chi connectivity index (χ1n) is 5.26. The minimum Gasteiger partial charge on any atom is -0.396 e. The molecule has 76 valence electrons. The van der Waals surface area contributed by atoms with E-state index >= 15 is 0 Å². The highest BCUT2D eigenvalue weighted by atomic mass is 16.3. The Hall–Kier alpha value is -0.120. The number of aliphatic hydroxyl groups excluding tert-OH is 1. The Kier molecular flexibility index (Phi) is 2.34. The highest BCUT2D eigenvalue weighted by Gasteiger charge is 2.53. The largest absolute Gasteiger partial charge is 0.396 e. The fraction of sp³-hybridized carbons (Fsp3) is 1.00. The molecule has 0 aromatic heterocycles. The Morgan fingerprint density at radius 3 is 2.08 bits per heavy atom. The molecule has 0 bridgehead atoms. The second-order valence-electron chi connectivity index (χ2n) is 4.57. The van der Waals surface area contributed by atoms with Gasteiger partial charge in [0.05, 0.1) is 12.2 Å². The van der Waals surface area contributed by atoms with Gasteiger partial charge in [-0.15, -0.1) is 0 Å². The van der Waals surface area contributed by atoms with Crippen molar-refractivity contribution in [2.24, 2.45) is 5.41 Å². The fourth-order valence-corrected chi connectivity index (χ4v) is 2.74. The maximum atomic E-state index is 10.4. The van der Waals surface area contributed by atoms with E-state index in [1.807, 2.05) is 0 Å². The Bertz CT molecular complexity index is 178. The molecule has 1 saturated heterocycles. The molecule has 3 N–H and O–H groups in total. The lowest BCUT2D eigenvalue weighted by molar-refractivity contribution is -0.164. The van der Waals surface area contributed by atoms with E-state index in [0.717, 1.165) is 45.2 Å². The SMILES string of the molecule is OCC1(C2(O)CCNCC2)CCC1. The number of aliphatic hydroxyl groups is 2. The van der Waals surface area contributed by atoms with Crippen LogP contribution in [0.25, 0.3) is 0 Å². The minimum absolute atomic E-state index is 0.156. The maximum absolute atomic E-state index is 10.4. The second kappa shape index (κ2) is 3.23. The Labute approximate surface area is 79.2 Å².